The van der Waals surface area contributed by atoms with Crippen molar-refractivity contribution >= 4 is 11.6 Å². The van der Waals surface area contributed by atoms with Crippen molar-refractivity contribution in [2.75, 3.05) is 0 Å². The predicted octanol–water partition coefficient (Wildman–Crippen LogP) is 4.55. The molecule has 1 aromatic rings. The van der Waals surface area contributed by atoms with Crippen molar-refractivity contribution in [3.63, 3.8) is 0 Å². The summed E-state index contributed by atoms with van der Waals surface area (Å²) in [6.45, 7) is 6.50. The summed E-state index contributed by atoms with van der Waals surface area (Å²) in [6.07, 6.45) is 2.33. The largest absolute Gasteiger partial charge is 0.0840 e. The van der Waals surface area contributed by atoms with E-state index in [4.69, 9.17) is 11.6 Å². The highest BCUT2D eigenvalue weighted by Gasteiger charge is 2.10. The van der Waals surface area contributed by atoms with Gasteiger partial charge in [-0.1, -0.05) is 37.6 Å². The van der Waals surface area contributed by atoms with Gasteiger partial charge in [0.2, 0.25) is 0 Å². The lowest BCUT2D eigenvalue weighted by Crippen LogP contribution is -1.96. The van der Waals surface area contributed by atoms with Gasteiger partial charge in [0.25, 0.3) is 0 Å². The molecule has 1 aromatic carbocycles. The maximum Gasteiger partial charge on any atom is 0.0443 e. The number of halogens is 1. The Morgan fingerprint density at radius 3 is 2.31 bits per heavy atom. The van der Waals surface area contributed by atoms with Gasteiger partial charge in [0, 0.05) is 5.02 Å². The standard InChI is InChI=1S/C12H17Cl/c1-4-10(5-2)11-7-6-9(3)8-12(11)13/h6-8,10H,4-5H2,1-3H3. The second-order valence-corrected chi connectivity index (χ2v) is 3.95. The van der Waals surface area contributed by atoms with Crippen LogP contribution in [0.3, 0.4) is 0 Å². The highest BCUT2D eigenvalue weighted by molar-refractivity contribution is 6.31. The maximum atomic E-state index is 6.18. The minimum atomic E-state index is 0.619. The SMILES string of the molecule is CCC(CC)c1ccc(C)cc1Cl. The monoisotopic (exact) mass is 196 g/mol. The first-order valence-electron chi connectivity index (χ1n) is 4.95. The first-order chi connectivity index (χ1) is 6.19. The minimum absolute atomic E-state index is 0.619. The highest BCUT2D eigenvalue weighted by atomic mass is 35.5. The quantitative estimate of drug-likeness (QED) is 0.665. The number of benzene rings is 1. The van der Waals surface area contributed by atoms with E-state index < -0.39 is 0 Å². The molecular formula is C12H17Cl. The molecule has 0 aliphatic heterocycles. The molecule has 1 rings (SSSR count). The molecular weight excluding hydrogens is 180 g/mol. The number of aryl methyl sites for hydroxylation is 1. The summed E-state index contributed by atoms with van der Waals surface area (Å²) in [6, 6.07) is 6.35. The Bertz CT molecular complexity index is 274. The van der Waals surface area contributed by atoms with Gasteiger partial charge in [-0.15, -0.1) is 0 Å². The molecule has 0 atom stereocenters. The van der Waals surface area contributed by atoms with Crippen molar-refractivity contribution in [2.24, 2.45) is 0 Å². The van der Waals surface area contributed by atoms with Gasteiger partial charge in [-0.3, -0.25) is 0 Å². The summed E-state index contributed by atoms with van der Waals surface area (Å²) in [5.41, 5.74) is 2.54. The molecule has 1 heteroatoms. The summed E-state index contributed by atoms with van der Waals surface area (Å²) in [7, 11) is 0. The van der Waals surface area contributed by atoms with E-state index in [0.29, 0.717) is 5.92 Å². The molecule has 13 heavy (non-hydrogen) atoms. The zero-order chi connectivity index (χ0) is 9.84. The third kappa shape index (κ3) is 2.47. The van der Waals surface area contributed by atoms with E-state index in [2.05, 4.69) is 39.0 Å². The molecule has 0 amide bonds. The van der Waals surface area contributed by atoms with Crippen LogP contribution in [0.5, 0.6) is 0 Å². The Morgan fingerprint density at radius 2 is 1.85 bits per heavy atom. The summed E-state index contributed by atoms with van der Waals surface area (Å²) in [4.78, 5) is 0. The van der Waals surface area contributed by atoms with Gasteiger partial charge < -0.3 is 0 Å². The second kappa shape index (κ2) is 4.66. The smallest absolute Gasteiger partial charge is 0.0443 e. The van der Waals surface area contributed by atoms with Crippen LogP contribution >= 0.6 is 11.6 Å². The van der Waals surface area contributed by atoms with E-state index in [-0.39, 0.29) is 0 Å². The molecule has 0 saturated heterocycles. The molecule has 0 saturated carbocycles. The van der Waals surface area contributed by atoms with Crippen LogP contribution in [0.25, 0.3) is 0 Å². The lowest BCUT2D eigenvalue weighted by Gasteiger charge is -2.14. The van der Waals surface area contributed by atoms with Crippen LogP contribution in [0, 0.1) is 6.92 Å². The molecule has 0 aliphatic carbocycles. The Kier molecular flexibility index (Phi) is 3.80. The molecule has 0 N–H and O–H groups in total. The molecule has 0 heterocycles. The molecule has 0 aromatic heterocycles. The summed E-state index contributed by atoms with van der Waals surface area (Å²) in [5.74, 6) is 0.619. The van der Waals surface area contributed by atoms with E-state index >= 15 is 0 Å². The van der Waals surface area contributed by atoms with Crippen LogP contribution in [0.15, 0.2) is 18.2 Å². The predicted molar refractivity (Wildman–Crippen MR) is 59.5 cm³/mol. The fraction of sp³-hybridized carbons (Fsp3) is 0.500. The Hall–Kier alpha value is -0.490. The van der Waals surface area contributed by atoms with Crippen molar-refractivity contribution in [1.29, 1.82) is 0 Å². The summed E-state index contributed by atoms with van der Waals surface area (Å²) >= 11 is 6.18. The molecule has 0 radical (unpaired) electrons. The minimum Gasteiger partial charge on any atom is -0.0840 e. The topological polar surface area (TPSA) is 0 Å². The van der Waals surface area contributed by atoms with E-state index in [0.717, 1.165) is 5.02 Å². The lowest BCUT2D eigenvalue weighted by atomic mass is 9.93. The highest BCUT2D eigenvalue weighted by Crippen LogP contribution is 2.29. The van der Waals surface area contributed by atoms with Gasteiger partial charge >= 0.3 is 0 Å². The van der Waals surface area contributed by atoms with Gasteiger partial charge in [-0.05, 0) is 42.9 Å². The second-order valence-electron chi connectivity index (χ2n) is 3.54. The van der Waals surface area contributed by atoms with E-state index in [1.54, 1.807) is 0 Å². The summed E-state index contributed by atoms with van der Waals surface area (Å²) in [5, 5.41) is 0.925. The fourth-order valence-corrected chi connectivity index (χ4v) is 2.08. The van der Waals surface area contributed by atoms with E-state index in [1.165, 1.54) is 24.0 Å². The third-order valence-corrected chi connectivity index (χ3v) is 2.91. The van der Waals surface area contributed by atoms with Gasteiger partial charge in [0.15, 0.2) is 0 Å². The van der Waals surface area contributed by atoms with Crippen molar-refractivity contribution in [3.05, 3.63) is 34.3 Å². The summed E-state index contributed by atoms with van der Waals surface area (Å²) < 4.78 is 0. The Labute approximate surface area is 85.9 Å². The first kappa shape index (κ1) is 10.6. The van der Waals surface area contributed by atoms with Crippen LogP contribution in [0.4, 0.5) is 0 Å². The van der Waals surface area contributed by atoms with Crippen LogP contribution < -0.4 is 0 Å². The molecule has 0 nitrogen and oxygen atoms in total. The number of rotatable bonds is 3. The molecule has 72 valence electrons. The molecule has 0 aliphatic rings. The molecule has 0 fully saturated rings. The maximum absolute atomic E-state index is 6.18. The van der Waals surface area contributed by atoms with Crippen molar-refractivity contribution in [3.8, 4) is 0 Å². The molecule has 0 spiro atoms. The normalized spacial score (nSPS) is 10.8. The zero-order valence-corrected chi connectivity index (χ0v) is 9.36. The van der Waals surface area contributed by atoms with Crippen LogP contribution in [-0.2, 0) is 0 Å². The number of hydrogen-bond donors (Lipinski definition) is 0. The van der Waals surface area contributed by atoms with Crippen molar-refractivity contribution in [2.45, 2.75) is 39.5 Å². The Balaban J connectivity index is 2.99. The van der Waals surface area contributed by atoms with Gasteiger partial charge in [-0.25, -0.2) is 0 Å². The fourth-order valence-electron chi connectivity index (χ4n) is 1.69. The van der Waals surface area contributed by atoms with Crippen LogP contribution in [0.2, 0.25) is 5.02 Å². The average Bonchev–Trinajstić information content (AvgIpc) is 2.10. The van der Waals surface area contributed by atoms with Gasteiger partial charge in [0.1, 0.15) is 0 Å². The van der Waals surface area contributed by atoms with E-state index in [9.17, 15) is 0 Å². The van der Waals surface area contributed by atoms with Crippen LogP contribution in [-0.4, -0.2) is 0 Å². The average molecular weight is 197 g/mol. The first-order valence-corrected chi connectivity index (χ1v) is 5.32. The molecule has 0 bridgehead atoms. The molecule has 0 unspecified atom stereocenters. The lowest BCUT2D eigenvalue weighted by molar-refractivity contribution is 0.642. The van der Waals surface area contributed by atoms with Gasteiger partial charge in [-0.2, -0.15) is 0 Å². The third-order valence-electron chi connectivity index (χ3n) is 2.58. The number of hydrogen-bond acceptors (Lipinski definition) is 0. The van der Waals surface area contributed by atoms with Crippen LogP contribution in [0.1, 0.15) is 43.7 Å². The van der Waals surface area contributed by atoms with Crippen molar-refractivity contribution in [1.82, 2.24) is 0 Å². The Morgan fingerprint density at radius 1 is 1.23 bits per heavy atom. The van der Waals surface area contributed by atoms with Crippen molar-refractivity contribution < 1.29 is 0 Å². The van der Waals surface area contributed by atoms with Gasteiger partial charge in [0.05, 0.1) is 0 Å². The zero-order valence-electron chi connectivity index (χ0n) is 8.60. The van der Waals surface area contributed by atoms with E-state index in [1.807, 2.05) is 0 Å².